The van der Waals surface area contributed by atoms with E-state index in [1.54, 1.807) is 13.3 Å². The lowest BCUT2D eigenvalue weighted by molar-refractivity contribution is 0.0746. The van der Waals surface area contributed by atoms with Gasteiger partial charge in [0.25, 0.3) is 5.91 Å². The Morgan fingerprint density at radius 3 is 2.53 bits per heavy atom. The molecule has 3 aromatic heterocycles. The zero-order valence-electron chi connectivity index (χ0n) is 17.2. The molecule has 1 aliphatic heterocycles. The topological polar surface area (TPSA) is 76.4 Å². The van der Waals surface area contributed by atoms with Gasteiger partial charge in [0.05, 0.1) is 30.9 Å². The van der Waals surface area contributed by atoms with Gasteiger partial charge in [-0.1, -0.05) is 12.8 Å². The summed E-state index contributed by atoms with van der Waals surface area (Å²) in [6, 6.07) is 6.24. The van der Waals surface area contributed by atoms with Crippen molar-refractivity contribution in [2.45, 2.75) is 31.7 Å². The lowest BCUT2D eigenvalue weighted by Crippen LogP contribution is -2.48. The maximum atomic E-state index is 13.0. The van der Waals surface area contributed by atoms with E-state index in [0.717, 1.165) is 29.9 Å². The number of pyridine rings is 2. The van der Waals surface area contributed by atoms with Crippen molar-refractivity contribution in [2.24, 2.45) is 0 Å². The van der Waals surface area contributed by atoms with Gasteiger partial charge in [0.15, 0.2) is 5.65 Å². The summed E-state index contributed by atoms with van der Waals surface area (Å²) in [4.78, 5) is 30.6. The average molecular weight is 406 g/mol. The monoisotopic (exact) mass is 406 g/mol. The fourth-order valence-corrected chi connectivity index (χ4v) is 4.52. The molecule has 156 valence electrons. The Morgan fingerprint density at radius 1 is 1.03 bits per heavy atom. The molecule has 0 atom stereocenters. The van der Waals surface area contributed by atoms with Crippen LogP contribution in [0, 0.1) is 0 Å². The summed E-state index contributed by atoms with van der Waals surface area (Å²) in [6.07, 6.45) is 10.3. The first-order valence-electron chi connectivity index (χ1n) is 10.6. The molecule has 5 rings (SSSR count). The Labute approximate surface area is 175 Å². The summed E-state index contributed by atoms with van der Waals surface area (Å²) < 4.78 is 7.30. The van der Waals surface area contributed by atoms with E-state index in [1.165, 1.54) is 25.7 Å². The SMILES string of the molecule is COc1ccc(N2CCN(C(=O)c3cnc4c(c3)ncn4C3CCCC3)CC2)cn1. The molecule has 0 bridgehead atoms. The first kappa shape index (κ1) is 18.8. The summed E-state index contributed by atoms with van der Waals surface area (Å²) >= 11 is 0. The Hall–Kier alpha value is -3.16. The molecular weight excluding hydrogens is 380 g/mol. The van der Waals surface area contributed by atoms with Crippen LogP contribution in [0.5, 0.6) is 5.88 Å². The number of imidazole rings is 1. The molecule has 2 aliphatic rings. The van der Waals surface area contributed by atoms with Crippen molar-refractivity contribution in [3.63, 3.8) is 0 Å². The highest BCUT2D eigenvalue weighted by Crippen LogP contribution is 2.31. The number of ether oxygens (including phenoxy) is 1. The third kappa shape index (κ3) is 3.46. The number of nitrogens with zero attached hydrogens (tertiary/aromatic N) is 6. The second-order valence-corrected chi connectivity index (χ2v) is 7.99. The molecule has 1 aliphatic carbocycles. The lowest BCUT2D eigenvalue weighted by atomic mass is 10.2. The van der Waals surface area contributed by atoms with E-state index < -0.39 is 0 Å². The molecule has 0 unspecified atom stereocenters. The smallest absolute Gasteiger partial charge is 0.255 e. The highest BCUT2D eigenvalue weighted by molar-refractivity contribution is 5.96. The molecule has 1 saturated heterocycles. The third-order valence-corrected chi connectivity index (χ3v) is 6.24. The van der Waals surface area contributed by atoms with Crippen molar-refractivity contribution < 1.29 is 9.53 Å². The number of fused-ring (bicyclic) bond motifs is 1. The van der Waals surface area contributed by atoms with Gasteiger partial charge in [-0.2, -0.15) is 0 Å². The summed E-state index contributed by atoms with van der Waals surface area (Å²) in [6.45, 7) is 2.87. The van der Waals surface area contributed by atoms with Crippen LogP contribution in [0.4, 0.5) is 5.69 Å². The Balaban J connectivity index is 1.26. The Morgan fingerprint density at radius 2 is 1.83 bits per heavy atom. The third-order valence-electron chi connectivity index (χ3n) is 6.24. The number of aromatic nitrogens is 4. The molecule has 0 N–H and O–H groups in total. The van der Waals surface area contributed by atoms with Crippen LogP contribution in [0.2, 0.25) is 0 Å². The van der Waals surface area contributed by atoms with Crippen LogP contribution in [0.1, 0.15) is 42.1 Å². The van der Waals surface area contributed by atoms with E-state index in [1.807, 2.05) is 35.6 Å². The number of carbonyl (C=O) groups is 1. The van der Waals surface area contributed by atoms with Crippen LogP contribution in [0.3, 0.4) is 0 Å². The zero-order chi connectivity index (χ0) is 20.5. The van der Waals surface area contributed by atoms with E-state index in [-0.39, 0.29) is 5.91 Å². The van der Waals surface area contributed by atoms with Gasteiger partial charge >= 0.3 is 0 Å². The van der Waals surface area contributed by atoms with Crippen LogP contribution in [-0.4, -0.2) is 63.6 Å². The minimum absolute atomic E-state index is 0.0207. The number of hydrogen-bond acceptors (Lipinski definition) is 6. The second kappa shape index (κ2) is 7.93. The molecule has 1 saturated carbocycles. The maximum absolute atomic E-state index is 13.0. The average Bonchev–Trinajstić information content (AvgIpc) is 3.48. The molecule has 8 nitrogen and oxygen atoms in total. The summed E-state index contributed by atoms with van der Waals surface area (Å²) in [5.41, 5.74) is 3.34. The van der Waals surface area contributed by atoms with Gasteiger partial charge in [0.1, 0.15) is 5.52 Å². The zero-order valence-corrected chi connectivity index (χ0v) is 17.2. The van der Waals surface area contributed by atoms with Crippen molar-refractivity contribution in [1.82, 2.24) is 24.4 Å². The van der Waals surface area contributed by atoms with Gasteiger partial charge in [-0.25, -0.2) is 15.0 Å². The van der Waals surface area contributed by atoms with Crippen molar-refractivity contribution >= 4 is 22.8 Å². The highest BCUT2D eigenvalue weighted by atomic mass is 16.5. The molecule has 30 heavy (non-hydrogen) atoms. The van der Waals surface area contributed by atoms with Gasteiger partial charge in [-0.05, 0) is 25.0 Å². The number of piperazine rings is 1. The molecule has 2 fully saturated rings. The summed E-state index contributed by atoms with van der Waals surface area (Å²) in [5.74, 6) is 0.623. The first-order chi connectivity index (χ1) is 14.7. The van der Waals surface area contributed by atoms with E-state index in [9.17, 15) is 4.79 Å². The largest absolute Gasteiger partial charge is 0.481 e. The number of methoxy groups -OCH3 is 1. The predicted molar refractivity (Wildman–Crippen MR) is 114 cm³/mol. The molecule has 0 radical (unpaired) electrons. The molecule has 0 spiro atoms. The quantitative estimate of drug-likeness (QED) is 0.663. The summed E-state index contributed by atoms with van der Waals surface area (Å²) in [5, 5.41) is 0. The Kier molecular flexibility index (Phi) is 4.98. The van der Waals surface area contributed by atoms with Crippen molar-refractivity contribution in [1.29, 1.82) is 0 Å². The molecule has 4 heterocycles. The van der Waals surface area contributed by atoms with Crippen molar-refractivity contribution in [3.05, 3.63) is 42.5 Å². The van der Waals surface area contributed by atoms with E-state index >= 15 is 0 Å². The van der Waals surface area contributed by atoms with Gasteiger partial charge in [0.2, 0.25) is 5.88 Å². The molecular formula is C22H26N6O2. The van der Waals surface area contributed by atoms with Crippen molar-refractivity contribution in [2.75, 3.05) is 38.2 Å². The van der Waals surface area contributed by atoms with E-state index in [4.69, 9.17) is 4.74 Å². The van der Waals surface area contributed by atoms with Gasteiger partial charge < -0.3 is 19.1 Å². The van der Waals surface area contributed by atoms with Crippen LogP contribution >= 0.6 is 0 Å². The number of hydrogen-bond donors (Lipinski definition) is 0. The van der Waals surface area contributed by atoms with E-state index in [0.29, 0.717) is 30.6 Å². The number of carbonyl (C=O) groups excluding carboxylic acids is 1. The van der Waals surface area contributed by atoms with Crippen LogP contribution in [0.25, 0.3) is 11.2 Å². The number of rotatable bonds is 4. The van der Waals surface area contributed by atoms with Crippen molar-refractivity contribution in [3.8, 4) is 5.88 Å². The maximum Gasteiger partial charge on any atom is 0.255 e. The predicted octanol–water partition coefficient (Wildman–Crippen LogP) is 2.91. The number of amides is 1. The van der Waals surface area contributed by atoms with Gasteiger partial charge in [-0.15, -0.1) is 0 Å². The van der Waals surface area contributed by atoms with E-state index in [2.05, 4.69) is 24.4 Å². The minimum atomic E-state index is 0.0207. The second-order valence-electron chi connectivity index (χ2n) is 7.99. The molecule has 0 aromatic carbocycles. The van der Waals surface area contributed by atoms with Gasteiger partial charge in [-0.3, -0.25) is 4.79 Å². The van der Waals surface area contributed by atoms with Crippen LogP contribution in [-0.2, 0) is 0 Å². The fraction of sp³-hybridized carbons (Fsp3) is 0.455. The summed E-state index contributed by atoms with van der Waals surface area (Å²) in [7, 11) is 1.61. The molecule has 1 amide bonds. The molecule has 3 aromatic rings. The Bertz CT molecular complexity index is 1030. The van der Waals surface area contributed by atoms with Gasteiger partial charge in [0, 0.05) is 44.5 Å². The van der Waals surface area contributed by atoms with Crippen LogP contribution < -0.4 is 9.64 Å². The molecule has 8 heteroatoms. The highest BCUT2D eigenvalue weighted by Gasteiger charge is 2.24. The minimum Gasteiger partial charge on any atom is -0.481 e. The fourth-order valence-electron chi connectivity index (χ4n) is 4.52. The first-order valence-corrected chi connectivity index (χ1v) is 10.6. The number of anilines is 1. The normalized spacial score (nSPS) is 17.6. The standard InChI is InChI=1S/C22H26N6O2/c1-30-20-7-6-18(14-23-20)26-8-10-27(11-9-26)22(29)16-12-19-21(24-13-16)28(15-25-19)17-4-2-3-5-17/h6-7,12-15,17H,2-5,8-11H2,1H3. The van der Waals surface area contributed by atoms with Crippen LogP contribution in [0.15, 0.2) is 36.9 Å². The lowest BCUT2D eigenvalue weighted by Gasteiger charge is -2.36.